The second kappa shape index (κ2) is 8.13. The van der Waals surface area contributed by atoms with Gasteiger partial charge >= 0.3 is 6.18 Å². The van der Waals surface area contributed by atoms with Gasteiger partial charge < -0.3 is 4.90 Å². The highest BCUT2D eigenvalue weighted by atomic mass is 19.4. The summed E-state index contributed by atoms with van der Waals surface area (Å²) in [5.74, 6) is -0.428. The monoisotopic (exact) mass is 429 g/mol. The van der Waals surface area contributed by atoms with Gasteiger partial charge in [-0.05, 0) is 36.1 Å². The standard InChI is InChI=1S/C22H22F3N5O/c1-14(2)17-10-19(22(23,24)25)30-20(27-17)11-18(28-30)16-7-9-29(13-16)21(31)6-5-15-4-3-8-26-12-15/h3-6,8,10-12,14,16H,7,9,13H2,1-2H3. The Morgan fingerprint density at radius 2 is 2.10 bits per heavy atom. The summed E-state index contributed by atoms with van der Waals surface area (Å²) in [5.41, 5.74) is 1.05. The highest BCUT2D eigenvalue weighted by molar-refractivity contribution is 5.92. The van der Waals surface area contributed by atoms with Crippen LogP contribution in [-0.4, -0.2) is 43.5 Å². The van der Waals surface area contributed by atoms with Crippen molar-refractivity contribution < 1.29 is 18.0 Å². The number of aromatic nitrogens is 4. The number of rotatable bonds is 4. The van der Waals surface area contributed by atoms with E-state index in [4.69, 9.17) is 0 Å². The maximum Gasteiger partial charge on any atom is 0.433 e. The number of hydrogen-bond acceptors (Lipinski definition) is 4. The van der Waals surface area contributed by atoms with E-state index in [0.717, 1.165) is 16.1 Å². The van der Waals surface area contributed by atoms with E-state index < -0.39 is 11.9 Å². The molecule has 0 spiro atoms. The van der Waals surface area contributed by atoms with Gasteiger partial charge in [0, 0.05) is 49.2 Å². The van der Waals surface area contributed by atoms with Gasteiger partial charge in [-0.2, -0.15) is 18.3 Å². The van der Waals surface area contributed by atoms with Crippen molar-refractivity contribution in [3.63, 3.8) is 0 Å². The smallest absolute Gasteiger partial charge is 0.338 e. The maximum atomic E-state index is 13.6. The molecule has 0 saturated carbocycles. The number of nitrogens with zero attached hydrogens (tertiary/aromatic N) is 5. The summed E-state index contributed by atoms with van der Waals surface area (Å²) in [6.45, 7) is 4.52. The number of hydrogen-bond donors (Lipinski definition) is 0. The minimum absolute atomic E-state index is 0.138. The van der Waals surface area contributed by atoms with Crippen molar-refractivity contribution in [3.8, 4) is 0 Å². The molecule has 0 aromatic carbocycles. The van der Waals surface area contributed by atoms with Crippen molar-refractivity contribution in [2.24, 2.45) is 0 Å². The molecule has 31 heavy (non-hydrogen) atoms. The summed E-state index contributed by atoms with van der Waals surface area (Å²) in [5, 5.41) is 4.22. The predicted molar refractivity (Wildman–Crippen MR) is 109 cm³/mol. The van der Waals surface area contributed by atoms with Gasteiger partial charge in [0.05, 0.1) is 5.69 Å². The Kier molecular flexibility index (Phi) is 5.51. The third-order valence-electron chi connectivity index (χ3n) is 5.37. The third-order valence-corrected chi connectivity index (χ3v) is 5.37. The number of carbonyl (C=O) groups excluding carboxylic acids is 1. The molecule has 1 aliphatic heterocycles. The predicted octanol–water partition coefficient (Wildman–Crippen LogP) is 4.30. The number of alkyl halides is 3. The molecule has 162 valence electrons. The molecule has 0 bridgehead atoms. The zero-order valence-electron chi connectivity index (χ0n) is 17.2. The molecule has 1 saturated heterocycles. The summed E-state index contributed by atoms with van der Waals surface area (Å²) in [6.07, 6.45) is 2.59. The fraction of sp³-hybridized carbons (Fsp3) is 0.364. The van der Waals surface area contributed by atoms with Crippen LogP contribution >= 0.6 is 0 Å². The van der Waals surface area contributed by atoms with Crippen LogP contribution in [0.4, 0.5) is 13.2 Å². The van der Waals surface area contributed by atoms with E-state index in [1.165, 1.54) is 6.08 Å². The SMILES string of the molecule is CC(C)c1cc(C(F)(F)F)n2nc(C3CCN(C(=O)C=Cc4cccnc4)C3)cc2n1. The van der Waals surface area contributed by atoms with Gasteiger partial charge in [-0.1, -0.05) is 19.9 Å². The molecule has 4 heterocycles. The molecular formula is C22H22F3N5O. The van der Waals surface area contributed by atoms with Crippen molar-refractivity contribution >= 4 is 17.6 Å². The molecule has 1 fully saturated rings. The molecule has 0 N–H and O–H groups in total. The minimum Gasteiger partial charge on any atom is -0.338 e. The number of halogens is 3. The largest absolute Gasteiger partial charge is 0.433 e. The van der Waals surface area contributed by atoms with E-state index >= 15 is 0 Å². The number of likely N-dealkylation sites (tertiary alicyclic amines) is 1. The lowest BCUT2D eigenvalue weighted by Gasteiger charge is -2.13. The fourth-order valence-corrected chi connectivity index (χ4v) is 3.66. The van der Waals surface area contributed by atoms with Crippen LogP contribution in [0.25, 0.3) is 11.7 Å². The van der Waals surface area contributed by atoms with Crippen molar-refractivity contribution in [2.45, 2.75) is 38.3 Å². The normalized spacial score (nSPS) is 17.4. The maximum absolute atomic E-state index is 13.6. The molecule has 1 amide bonds. The summed E-state index contributed by atoms with van der Waals surface area (Å²) < 4.78 is 41.6. The van der Waals surface area contributed by atoms with Crippen molar-refractivity contribution in [1.29, 1.82) is 0 Å². The van der Waals surface area contributed by atoms with E-state index in [9.17, 15) is 18.0 Å². The number of carbonyl (C=O) groups is 1. The van der Waals surface area contributed by atoms with E-state index in [-0.39, 0.29) is 23.4 Å². The summed E-state index contributed by atoms with van der Waals surface area (Å²) >= 11 is 0. The van der Waals surface area contributed by atoms with Gasteiger partial charge in [0.1, 0.15) is 5.69 Å². The Bertz CT molecular complexity index is 1120. The molecule has 4 rings (SSSR count). The summed E-state index contributed by atoms with van der Waals surface area (Å²) in [4.78, 5) is 22.5. The molecule has 3 aromatic heterocycles. The number of pyridine rings is 1. The van der Waals surface area contributed by atoms with Crippen LogP contribution in [0.5, 0.6) is 0 Å². The van der Waals surface area contributed by atoms with Crippen LogP contribution in [0.3, 0.4) is 0 Å². The van der Waals surface area contributed by atoms with Crippen molar-refractivity contribution in [1.82, 2.24) is 24.5 Å². The van der Waals surface area contributed by atoms with Gasteiger partial charge in [-0.15, -0.1) is 0 Å². The third kappa shape index (κ3) is 4.45. The molecule has 1 atom stereocenters. The first-order valence-corrected chi connectivity index (χ1v) is 10.1. The van der Waals surface area contributed by atoms with Crippen LogP contribution in [0, 0.1) is 0 Å². The van der Waals surface area contributed by atoms with Gasteiger partial charge in [-0.25, -0.2) is 9.50 Å². The number of fused-ring (bicyclic) bond motifs is 1. The van der Waals surface area contributed by atoms with E-state index in [0.29, 0.717) is 30.9 Å². The molecular weight excluding hydrogens is 407 g/mol. The molecule has 3 aromatic rings. The lowest BCUT2D eigenvalue weighted by atomic mass is 10.1. The van der Waals surface area contributed by atoms with E-state index in [1.54, 1.807) is 49.3 Å². The lowest BCUT2D eigenvalue weighted by molar-refractivity contribution is -0.142. The van der Waals surface area contributed by atoms with Gasteiger partial charge in [0.2, 0.25) is 5.91 Å². The van der Waals surface area contributed by atoms with Crippen LogP contribution in [-0.2, 0) is 11.0 Å². The Labute approximate surface area is 177 Å². The summed E-state index contributed by atoms with van der Waals surface area (Å²) in [7, 11) is 0. The zero-order valence-corrected chi connectivity index (χ0v) is 17.2. The zero-order chi connectivity index (χ0) is 22.2. The Morgan fingerprint density at radius 3 is 2.77 bits per heavy atom. The molecule has 1 aliphatic rings. The lowest BCUT2D eigenvalue weighted by Crippen LogP contribution is -2.26. The Morgan fingerprint density at radius 1 is 1.29 bits per heavy atom. The first-order valence-electron chi connectivity index (χ1n) is 10.1. The van der Waals surface area contributed by atoms with Crippen molar-refractivity contribution in [2.75, 3.05) is 13.1 Å². The quantitative estimate of drug-likeness (QED) is 0.581. The van der Waals surface area contributed by atoms with Crippen LogP contribution in [0.2, 0.25) is 0 Å². The topological polar surface area (TPSA) is 63.4 Å². The molecule has 0 aliphatic carbocycles. The average molecular weight is 429 g/mol. The fourth-order valence-electron chi connectivity index (χ4n) is 3.66. The highest BCUT2D eigenvalue weighted by Crippen LogP contribution is 2.33. The van der Waals surface area contributed by atoms with Crippen LogP contribution in [0.15, 0.2) is 42.7 Å². The average Bonchev–Trinajstić information content (AvgIpc) is 3.38. The number of amides is 1. The second-order valence-electron chi connectivity index (χ2n) is 7.95. The Hall–Kier alpha value is -3.23. The minimum atomic E-state index is -4.54. The molecule has 6 nitrogen and oxygen atoms in total. The molecule has 9 heteroatoms. The van der Waals surface area contributed by atoms with E-state index in [1.807, 2.05) is 6.07 Å². The van der Waals surface area contributed by atoms with Crippen molar-refractivity contribution in [3.05, 3.63) is 65.4 Å². The van der Waals surface area contributed by atoms with E-state index in [2.05, 4.69) is 15.1 Å². The first-order chi connectivity index (χ1) is 14.7. The van der Waals surface area contributed by atoms with Gasteiger partial charge in [0.25, 0.3) is 0 Å². The summed E-state index contributed by atoms with van der Waals surface area (Å²) in [6, 6.07) is 6.29. The van der Waals surface area contributed by atoms with Crippen LogP contribution in [0.1, 0.15) is 54.7 Å². The molecule has 0 radical (unpaired) electrons. The van der Waals surface area contributed by atoms with Crippen LogP contribution < -0.4 is 0 Å². The first kappa shape index (κ1) is 21.0. The van der Waals surface area contributed by atoms with Gasteiger partial charge in [-0.3, -0.25) is 9.78 Å². The molecule has 1 unspecified atom stereocenters. The Balaban J connectivity index is 1.56. The highest BCUT2D eigenvalue weighted by Gasteiger charge is 2.36. The van der Waals surface area contributed by atoms with Gasteiger partial charge in [0.15, 0.2) is 5.65 Å². The second-order valence-corrected chi connectivity index (χ2v) is 7.95.